The van der Waals surface area contributed by atoms with E-state index in [2.05, 4.69) is 41.5 Å². The van der Waals surface area contributed by atoms with Crippen molar-refractivity contribution in [3.8, 4) is 11.5 Å². The van der Waals surface area contributed by atoms with Crippen molar-refractivity contribution >= 4 is 42.7 Å². The van der Waals surface area contributed by atoms with Crippen LogP contribution in [0.25, 0.3) is 0 Å². The first-order valence-electron chi connectivity index (χ1n) is 16.2. The molecule has 12 nitrogen and oxygen atoms in total. The van der Waals surface area contributed by atoms with Crippen molar-refractivity contribution in [1.29, 1.82) is 0 Å². The summed E-state index contributed by atoms with van der Waals surface area (Å²) in [5.41, 5.74) is -0.106. The van der Waals surface area contributed by atoms with Gasteiger partial charge in [-0.25, -0.2) is 0 Å². The summed E-state index contributed by atoms with van der Waals surface area (Å²) in [7, 11) is -1.28. The summed E-state index contributed by atoms with van der Waals surface area (Å²) < 4.78 is 52.2. The summed E-state index contributed by atoms with van der Waals surface area (Å²) in [5, 5.41) is 15.2. The van der Waals surface area contributed by atoms with Gasteiger partial charge in [-0.2, -0.15) is 0 Å². The van der Waals surface area contributed by atoms with E-state index in [-0.39, 0.29) is 52.2 Å². The number of rotatable bonds is 0. The third-order valence-corrected chi connectivity index (χ3v) is 7.01. The number of hydrogen-bond acceptors (Lipinski definition) is 12. The topological polar surface area (TPSA) is 133 Å². The van der Waals surface area contributed by atoms with Crippen LogP contribution >= 0.6 is 0 Å². The minimum Gasteiger partial charge on any atom is -0.523 e. The van der Waals surface area contributed by atoms with Gasteiger partial charge in [-0.1, -0.05) is 26.0 Å². The van der Waals surface area contributed by atoms with E-state index in [1.54, 1.807) is 0 Å². The van der Waals surface area contributed by atoms with Gasteiger partial charge in [0.2, 0.25) is 0 Å². The monoisotopic (exact) mass is 650 g/mol. The SMILES string of the molecule is CB(O)O.CB1OC(C)(C)C(C)(C)O1.CB1OCC(C)(C)CO1.CB1OCCCO1.CB1OCCO1.CB1Oc2ccccc2O1. The molecule has 6 rings (SSSR count). The predicted molar refractivity (Wildman–Crippen MR) is 186 cm³/mol. The Morgan fingerprint density at radius 2 is 0.913 bits per heavy atom. The molecule has 2 N–H and O–H groups in total. The highest BCUT2D eigenvalue weighted by molar-refractivity contribution is 6.46. The lowest BCUT2D eigenvalue weighted by atomic mass is 9.86. The summed E-state index contributed by atoms with van der Waals surface area (Å²) in [4.78, 5) is 0. The van der Waals surface area contributed by atoms with E-state index in [0.717, 1.165) is 57.6 Å². The van der Waals surface area contributed by atoms with Crippen molar-refractivity contribution in [3.63, 3.8) is 0 Å². The Balaban J connectivity index is 0.000000282. The van der Waals surface area contributed by atoms with E-state index >= 15 is 0 Å². The van der Waals surface area contributed by atoms with Gasteiger partial charge in [0.15, 0.2) is 0 Å². The van der Waals surface area contributed by atoms with Crippen molar-refractivity contribution in [2.24, 2.45) is 5.41 Å². The molecule has 0 saturated carbocycles. The quantitative estimate of drug-likeness (QED) is 0.390. The second-order valence-electron chi connectivity index (χ2n) is 13.0. The molecule has 0 aliphatic carbocycles. The van der Waals surface area contributed by atoms with Gasteiger partial charge < -0.3 is 56.6 Å². The molecule has 46 heavy (non-hydrogen) atoms. The minimum absolute atomic E-state index is 0.00183. The average Bonchev–Trinajstić information content (AvgIpc) is 3.63. The smallest absolute Gasteiger partial charge is 0.523 e. The number of hydrogen-bond donors (Lipinski definition) is 2. The zero-order chi connectivity index (χ0) is 35.0. The van der Waals surface area contributed by atoms with E-state index in [0.29, 0.717) is 0 Å². The van der Waals surface area contributed by atoms with Gasteiger partial charge in [0.1, 0.15) is 11.5 Å². The van der Waals surface area contributed by atoms with E-state index in [1.807, 2.05) is 58.4 Å². The second kappa shape index (κ2) is 21.0. The molecule has 4 fully saturated rings. The lowest BCUT2D eigenvalue weighted by Crippen LogP contribution is -2.41. The molecule has 4 saturated heterocycles. The van der Waals surface area contributed by atoms with Crippen LogP contribution in [0.2, 0.25) is 40.9 Å². The fourth-order valence-corrected chi connectivity index (χ4v) is 4.02. The van der Waals surface area contributed by atoms with Crippen LogP contribution in [0.5, 0.6) is 11.5 Å². The summed E-state index contributed by atoms with van der Waals surface area (Å²) in [6.45, 7) is 28.2. The Morgan fingerprint density at radius 3 is 1.15 bits per heavy atom. The van der Waals surface area contributed by atoms with Crippen LogP contribution in [0.1, 0.15) is 48.0 Å². The maximum Gasteiger partial charge on any atom is 0.591 e. The summed E-state index contributed by atoms with van der Waals surface area (Å²) in [5.74, 6) is 1.69. The van der Waals surface area contributed by atoms with Crippen molar-refractivity contribution in [2.45, 2.75) is 100 Å². The molecule has 0 unspecified atom stereocenters. The Labute approximate surface area is 280 Å². The van der Waals surface area contributed by atoms with E-state index in [4.69, 9.17) is 56.6 Å². The molecule has 0 amide bonds. The molecule has 258 valence electrons. The molecule has 0 radical (unpaired) electrons. The highest BCUT2D eigenvalue weighted by Crippen LogP contribution is 2.36. The molecule has 5 aliphatic rings. The zero-order valence-corrected chi connectivity index (χ0v) is 30.2. The van der Waals surface area contributed by atoms with Gasteiger partial charge in [-0.3, -0.25) is 0 Å². The van der Waals surface area contributed by atoms with Crippen LogP contribution in [0, 0.1) is 5.41 Å². The van der Waals surface area contributed by atoms with Gasteiger partial charge in [-0.05, 0) is 87.2 Å². The summed E-state index contributed by atoms with van der Waals surface area (Å²) in [6.07, 6.45) is 1.05. The van der Waals surface area contributed by atoms with Gasteiger partial charge in [-0.15, -0.1) is 0 Å². The Hall–Kier alpha value is -1.19. The third-order valence-electron chi connectivity index (χ3n) is 7.01. The van der Waals surface area contributed by atoms with Crippen molar-refractivity contribution in [2.75, 3.05) is 39.6 Å². The van der Waals surface area contributed by atoms with E-state index in [1.165, 1.54) is 6.82 Å². The van der Waals surface area contributed by atoms with Crippen molar-refractivity contribution in [1.82, 2.24) is 0 Å². The molecule has 5 aliphatic heterocycles. The number of para-hydroxylation sites is 2. The zero-order valence-electron chi connectivity index (χ0n) is 30.2. The first-order valence-corrected chi connectivity index (χ1v) is 16.2. The van der Waals surface area contributed by atoms with Crippen LogP contribution in [-0.4, -0.2) is 104 Å². The second-order valence-corrected chi connectivity index (χ2v) is 13.0. The molecule has 5 heterocycles. The maximum atomic E-state index is 7.61. The highest BCUT2D eigenvalue weighted by Gasteiger charge is 2.48. The highest BCUT2D eigenvalue weighted by atomic mass is 16.7. The molecule has 0 atom stereocenters. The lowest BCUT2D eigenvalue weighted by Gasteiger charge is -2.32. The Morgan fingerprint density at radius 1 is 0.565 bits per heavy atom. The number of fused-ring (bicyclic) bond motifs is 1. The normalized spacial score (nSPS) is 21.5. The molecular weight excluding hydrogens is 593 g/mol. The molecule has 0 spiro atoms. The fraction of sp³-hybridized carbons (Fsp3) is 0.786. The van der Waals surface area contributed by atoms with E-state index in [9.17, 15) is 0 Å². The Bertz CT molecular complexity index is 896. The summed E-state index contributed by atoms with van der Waals surface area (Å²) >= 11 is 0. The largest absolute Gasteiger partial charge is 0.591 e. The first kappa shape index (κ1) is 42.8. The van der Waals surface area contributed by atoms with Crippen LogP contribution < -0.4 is 9.31 Å². The molecule has 1 aromatic carbocycles. The third kappa shape index (κ3) is 18.4. The van der Waals surface area contributed by atoms with Gasteiger partial charge in [0.05, 0.1) is 24.4 Å². The van der Waals surface area contributed by atoms with E-state index < -0.39 is 7.12 Å². The van der Waals surface area contributed by atoms with Gasteiger partial charge >= 0.3 is 42.7 Å². The van der Waals surface area contributed by atoms with Gasteiger partial charge in [0, 0.05) is 31.8 Å². The van der Waals surface area contributed by atoms with Crippen molar-refractivity contribution in [3.05, 3.63) is 24.3 Å². The Kier molecular flexibility index (Phi) is 19.6. The van der Waals surface area contributed by atoms with Crippen LogP contribution in [-0.2, 0) is 37.2 Å². The van der Waals surface area contributed by atoms with Crippen LogP contribution in [0.15, 0.2) is 24.3 Å². The minimum atomic E-state index is -1.17. The molecule has 1 aromatic rings. The predicted octanol–water partition coefficient (Wildman–Crippen LogP) is 4.24. The maximum absolute atomic E-state index is 7.61. The summed E-state index contributed by atoms with van der Waals surface area (Å²) in [6, 6.07) is 7.66. The van der Waals surface area contributed by atoms with Crippen LogP contribution in [0.4, 0.5) is 0 Å². The first-order chi connectivity index (χ1) is 21.3. The standard InChI is InChI=1S/C7H7BO2.C7H15BO2.C6H13BO2.C4H9BO2.C3H7BO2.CH5BO2/c1-8-9-6-4-2-3-5-7(6)10-8;1-6(2)7(3,4)10-8(5)9-6;1-6(2)4-8-7(3)9-5-6;1-5-6-3-2-4-7-5;1-4-5-2-3-6-4;1-2(3)4/h2-5H,1H3;1-5H3;4-5H2,1-3H3;2-4H2,1H3;2-3H2,1H3;3-4H,1H3. The molecule has 0 bridgehead atoms. The average molecular weight is 650 g/mol. The van der Waals surface area contributed by atoms with Crippen molar-refractivity contribution < 1.29 is 56.6 Å². The molecule has 0 aromatic heterocycles. The fourth-order valence-electron chi connectivity index (χ4n) is 4.02. The number of benzene rings is 1. The lowest BCUT2D eigenvalue weighted by molar-refractivity contribution is 0.00578. The van der Waals surface area contributed by atoms with Gasteiger partial charge in [0.25, 0.3) is 0 Å². The molecule has 18 heteroatoms. The molecular formula is C28H56B6O12. The van der Waals surface area contributed by atoms with Crippen LogP contribution in [0.3, 0.4) is 0 Å².